The normalized spacial score (nSPS) is 12.9. The van der Waals surface area contributed by atoms with Crippen LogP contribution in [0.5, 0.6) is 0 Å². The molecule has 8 heteroatoms. The van der Waals surface area contributed by atoms with Gasteiger partial charge < -0.3 is 26.2 Å². The topological polar surface area (TPSA) is 131 Å². The van der Waals surface area contributed by atoms with Gasteiger partial charge in [0.2, 0.25) is 5.91 Å². The summed E-state index contributed by atoms with van der Waals surface area (Å²) < 4.78 is 5.14. The van der Waals surface area contributed by atoms with Crippen LogP contribution >= 0.6 is 0 Å². The van der Waals surface area contributed by atoms with E-state index in [-0.39, 0.29) is 12.5 Å². The third kappa shape index (κ3) is 8.54. The first-order valence-electron chi connectivity index (χ1n) is 9.05. The van der Waals surface area contributed by atoms with E-state index in [2.05, 4.69) is 10.6 Å². The van der Waals surface area contributed by atoms with Crippen LogP contribution in [-0.2, 0) is 20.9 Å². The first kappa shape index (κ1) is 22.4. The molecule has 0 radical (unpaired) electrons. The molecule has 0 bridgehead atoms. The molecule has 0 saturated carbocycles. The Kier molecular flexibility index (Phi) is 9.89. The molecule has 0 unspecified atom stereocenters. The molecule has 0 aliphatic rings. The maximum absolute atomic E-state index is 12.5. The van der Waals surface area contributed by atoms with Gasteiger partial charge in [-0.05, 0) is 37.3 Å². The van der Waals surface area contributed by atoms with E-state index < -0.39 is 30.1 Å². The largest absolute Gasteiger partial charge is 0.480 e. The number of unbranched alkanes of at least 4 members (excludes halogenated alkanes) is 1. The molecule has 1 aromatic carbocycles. The summed E-state index contributed by atoms with van der Waals surface area (Å²) in [6.07, 6.45) is 0.918. The van der Waals surface area contributed by atoms with E-state index in [1.54, 1.807) is 13.8 Å². The Hall–Kier alpha value is -2.61. The number of carboxylic acids is 1. The summed E-state index contributed by atoms with van der Waals surface area (Å²) in [6.45, 7) is 3.94. The van der Waals surface area contributed by atoms with Gasteiger partial charge in [0.1, 0.15) is 18.7 Å². The van der Waals surface area contributed by atoms with E-state index in [0.29, 0.717) is 25.8 Å². The smallest absolute Gasteiger partial charge is 0.408 e. The predicted molar refractivity (Wildman–Crippen MR) is 101 cm³/mol. The number of rotatable bonds is 11. The van der Waals surface area contributed by atoms with Crippen molar-refractivity contribution in [2.75, 3.05) is 6.54 Å². The lowest BCUT2D eigenvalue weighted by Gasteiger charge is -2.23. The Morgan fingerprint density at radius 2 is 1.78 bits per heavy atom. The number of ether oxygens (including phenoxy) is 1. The Morgan fingerprint density at radius 1 is 1.11 bits per heavy atom. The van der Waals surface area contributed by atoms with Crippen LogP contribution < -0.4 is 16.4 Å². The number of aliphatic carboxylic acids is 1. The molecule has 2 atom stereocenters. The molecule has 0 heterocycles. The molecule has 0 aliphatic carbocycles. The Labute approximate surface area is 159 Å². The van der Waals surface area contributed by atoms with Crippen molar-refractivity contribution < 1.29 is 24.2 Å². The quantitative estimate of drug-likeness (QED) is 0.432. The molecule has 0 fully saturated rings. The van der Waals surface area contributed by atoms with Crippen molar-refractivity contribution in [3.05, 3.63) is 35.9 Å². The van der Waals surface area contributed by atoms with Crippen molar-refractivity contribution in [3.8, 4) is 0 Å². The summed E-state index contributed by atoms with van der Waals surface area (Å²) in [7, 11) is 0. The number of carbonyl (C=O) groups is 3. The van der Waals surface area contributed by atoms with Crippen molar-refractivity contribution in [2.45, 2.75) is 51.8 Å². The number of carboxylic acid groups (broad SMARTS) is 1. The highest BCUT2D eigenvalue weighted by atomic mass is 16.5. The Balaban J connectivity index is 2.66. The second-order valence-corrected chi connectivity index (χ2v) is 6.61. The molecule has 1 aromatic rings. The first-order valence-corrected chi connectivity index (χ1v) is 9.05. The van der Waals surface area contributed by atoms with E-state index in [4.69, 9.17) is 10.5 Å². The monoisotopic (exact) mass is 379 g/mol. The average Bonchev–Trinajstić information content (AvgIpc) is 2.63. The Bertz CT molecular complexity index is 607. The zero-order valence-electron chi connectivity index (χ0n) is 15.8. The summed E-state index contributed by atoms with van der Waals surface area (Å²) in [5.74, 6) is -1.96. The third-order valence-electron chi connectivity index (χ3n) is 4.00. The standard InChI is InChI=1S/C19H29N3O5/c1-13(2)16(18(24)25)22-17(23)15(10-6-7-11-20)21-19(26)27-12-14-8-4-3-5-9-14/h3-5,8-9,13,15-16H,6-7,10-12,20H2,1-2H3,(H,21,26)(H,22,23)(H,24,25)/t15-,16-/m0/s1. The number of hydrogen-bond acceptors (Lipinski definition) is 5. The molecule has 150 valence electrons. The summed E-state index contributed by atoms with van der Waals surface area (Å²) in [6, 6.07) is 7.24. The fourth-order valence-corrected chi connectivity index (χ4v) is 2.44. The summed E-state index contributed by atoms with van der Waals surface area (Å²) in [5.41, 5.74) is 6.30. The number of carbonyl (C=O) groups excluding carboxylic acids is 2. The maximum atomic E-state index is 12.5. The lowest BCUT2D eigenvalue weighted by Crippen LogP contribution is -2.53. The van der Waals surface area contributed by atoms with Crippen LogP contribution in [0.15, 0.2) is 30.3 Å². The van der Waals surface area contributed by atoms with E-state index in [9.17, 15) is 19.5 Å². The fourth-order valence-electron chi connectivity index (χ4n) is 2.44. The lowest BCUT2D eigenvalue weighted by atomic mass is 10.0. The van der Waals surface area contributed by atoms with E-state index in [1.165, 1.54) is 0 Å². The zero-order valence-corrected chi connectivity index (χ0v) is 15.8. The van der Waals surface area contributed by atoms with Crippen LogP contribution in [0.3, 0.4) is 0 Å². The maximum Gasteiger partial charge on any atom is 0.408 e. The number of benzene rings is 1. The van der Waals surface area contributed by atoms with Gasteiger partial charge in [-0.15, -0.1) is 0 Å². The van der Waals surface area contributed by atoms with Crippen LogP contribution in [0, 0.1) is 5.92 Å². The molecule has 0 saturated heterocycles. The highest BCUT2D eigenvalue weighted by Gasteiger charge is 2.28. The SMILES string of the molecule is CC(C)[C@H](NC(=O)[C@H](CCCCN)NC(=O)OCc1ccccc1)C(=O)O. The molecule has 0 spiro atoms. The molecule has 5 N–H and O–H groups in total. The first-order chi connectivity index (χ1) is 12.8. The van der Waals surface area contributed by atoms with Crippen molar-refractivity contribution in [3.63, 3.8) is 0 Å². The molecule has 8 nitrogen and oxygen atoms in total. The second kappa shape index (κ2) is 11.9. The van der Waals surface area contributed by atoms with Gasteiger partial charge in [0, 0.05) is 0 Å². The van der Waals surface area contributed by atoms with E-state index in [1.807, 2.05) is 30.3 Å². The summed E-state index contributed by atoms with van der Waals surface area (Å²) in [4.78, 5) is 35.9. The average molecular weight is 379 g/mol. The van der Waals surface area contributed by atoms with E-state index in [0.717, 1.165) is 5.56 Å². The van der Waals surface area contributed by atoms with Crippen molar-refractivity contribution in [2.24, 2.45) is 11.7 Å². The number of hydrogen-bond donors (Lipinski definition) is 4. The molecule has 1 rings (SSSR count). The number of amides is 2. The Morgan fingerprint density at radius 3 is 2.33 bits per heavy atom. The van der Waals surface area contributed by atoms with Crippen molar-refractivity contribution in [1.82, 2.24) is 10.6 Å². The van der Waals surface area contributed by atoms with Crippen LogP contribution in [0.25, 0.3) is 0 Å². The highest BCUT2D eigenvalue weighted by molar-refractivity contribution is 5.89. The number of nitrogens with one attached hydrogen (secondary N) is 2. The van der Waals surface area contributed by atoms with Crippen molar-refractivity contribution in [1.29, 1.82) is 0 Å². The minimum Gasteiger partial charge on any atom is -0.480 e. The van der Waals surface area contributed by atoms with E-state index >= 15 is 0 Å². The lowest BCUT2D eigenvalue weighted by molar-refractivity contribution is -0.143. The van der Waals surface area contributed by atoms with Gasteiger partial charge in [0.25, 0.3) is 0 Å². The number of nitrogens with two attached hydrogens (primary N) is 1. The van der Waals surface area contributed by atoms with Gasteiger partial charge in [0.15, 0.2) is 0 Å². The highest BCUT2D eigenvalue weighted by Crippen LogP contribution is 2.07. The molecule has 0 aromatic heterocycles. The van der Waals surface area contributed by atoms with Crippen LogP contribution in [-0.4, -0.2) is 41.7 Å². The van der Waals surface area contributed by atoms with Gasteiger partial charge >= 0.3 is 12.1 Å². The number of alkyl carbamates (subject to hydrolysis) is 1. The fraction of sp³-hybridized carbons (Fsp3) is 0.526. The van der Waals surface area contributed by atoms with Crippen molar-refractivity contribution >= 4 is 18.0 Å². The van der Waals surface area contributed by atoms with Gasteiger partial charge in [-0.25, -0.2) is 9.59 Å². The molecule has 2 amide bonds. The van der Waals surface area contributed by atoms with Gasteiger partial charge in [-0.3, -0.25) is 4.79 Å². The van der Waals surface area contributed by atoms with Crippen LogP contribution in [0.2, 0.25) is 0 Å². The predicted octanol–water partition coefficient (Wildman–Crippen LogP) is 1.64. The minimum absolute atomic E-state index is 0.0769. The molecular weight excluding hydrogens is 350 g/mol. The molecule has 27 heavy (non-hydrogen) atoms. The zero-order chi connectivity index (χ0) is 20.2. The molecule has 0 aliphatic heterocycles. The van der Waals surface area contributed by atoms with Gasteiger partial charge in [-0.2, -0.15) is 0 Å². The second-order valence-electron chi connectivity index (χ2n) is 6.61. The molecular formula is C19H29N3O5. The summed E-state index contributed by atoms with van der Waals surface area (Å²) in [5, 5.41) is 14.2. The van der Waals surface area contributed by atoms with Gasteiger partial charge in [0.05, 0.1) is 0 Å². The third-order valence-corrected chi connectivity index (χ3v) is 4.00. The summed E-state index contributed by atoms with van der Waals surface area (Å²) >= 11 is 0. The van der Waals surface area contributed by atoms with Crippen LogP contribution in [0.1, 0.15) is 38.7 Å². The van der Waals surface area contributed by atoms with Crippen LogP contribution in [0.4, 0.5) is 4.79 Å². The van der Waals surface area contributed by atoms with Gasteiger partial charge in [-0.1, -0.05) is 44.2 Å². The minimum atomic E-state index is -1.12.